The van der Waals surface area contributed by atoms with Crippen LogP contribution in [0.5, 0.6) is 5.75 Å². The maximum absolute atomic E-state index is 12.8. The number of ketones is 1. The fourth-order valence-corrected chi connectivity index (χ4v) is 4.24. The van der Waals surface area contributed by atoms with Crippen LogP contribution in [0.15, 0.2) is 53.2 Å². The summed E-state index contributed by atoms with van der Waals surface area (Å²) in [7, 11) is 1.99. The Morgan fingerprint density at radius 3 is 2.70 bits per heavy atom. The Bertz CT molecular complexity index is 1260. The van der Waals surface area contributed by atoms with Gasteiger partial charge in [-0.2, -0.15) is 4.98 Å². The SMILES string of the molecule is CCC1(CC)CC(=O)c2cc(-c3nc(-c4cn(C)c5ccccc45)no3)ccc2O1. The molecule has 1 aliphatic rings. The van der Waals surface area contributed by atoms with E-state index in [2.05, 4.69) is 30.1 Å². The Kier molecular flexibility index (Phi) is 4.24. The molecule has 0 atom stereocenters. The first-order valence-corrected chi connectivity index (χ1v) is 10.3. The Morgan fingerprint density at radius 2 is 1.90 bits per heavy atom. The minimum atomic E-state index is -0.405. The van der Waals surface area contributed by atoms with Gasteiger partial charge < -0.3 is 13.8 Å². The zero-order valence-electron chi connectivity index (χ0n) is 17.3. The summed E-state index contributed by atoms with van der Waals surface area (Å²) < 4.78 is 13.8. The van der Waals surface area contributed by atoms with Gasteiger partial charge in [0.05, 0.1) is 12.0 Å². The monoisotopic (exact) mass is 401 g/mol. The van der Waals surface area contributed by atoms with Crippen LogP contribution in [0.1, 0.15) is 43.5 Å². The summed E-state index contributed by atoms with van der Waals surface area (Å²) in [5, 5.41) is 5.26. The molecule has 0 spiro atoms. The number of carbonyl (C=O) groups is 1. The van der Waals surface area contributed by atoms with E-state index in [1.165, 1.54) is 0 Å². The Morgan fingerprint density at radius 1 is 1.10 bits per heavy atom. The fraction of sp³-hybridized carbons (Fsp3) is 0.292. The first-order valence-electron chi connectivity index (χ1n) is 10.3. The van der Waals surface area contributed by atoms with Gasteiger partial charge in [-0.25, -0.2) is 0 Å². The van der Waals surface area contributed by atoms with Crippen molar-refractivity contribution in [2.75, 3.05) is 0 Å². The summed E-state index contributed by atoms with van der Waals surface area (Å²) in [6.45, 7) is 4.12. The normalized spacial score (nSPS) is 15.2. The third kappa shape index (κ3) is 2.83. The minimum Gasteiger partial charge on any atom is -0.486 e. The second-order valence-electron chi connectivity index (χ2n) is 7.90. The van der Waals surface area contributed by atoms with E-state index in [4.69, 9.17) is 9.26 Å². The van der Waals surface area contributed by atoms with Gasteiger partial charge in [0, 0.05) is 35.3 Å². The topological polar surface area (TPSA) is 70.2 Å². The maximum Gasteiger partial charge on any atom is 0.258 e. The second-order valence-corrected chi connectivity index (χ2v) is 7.90. The molecular weight excluding hydrogens is 378 g/mol. The highest BCUT2D eigenvalue weighted by molar-refractivity contribution is 6.01. The second kappa shape index (κ2) is 6.83. The molecule has 5 rings (SSSR count). The smallest absolute Gasteiger partial charge is 0.258 e. The molecule has 1 aliphatic heterocycles. The third-order valence-electron chi connectivity index (χ3n) is 6.19. The van der Waals surface area contributed by atoms with E-state index in [0.29, 0.717) is 35.0 Å². The van der Waals surface area contributed by atoms with Crippen molar-refractivity contribution in [1.29, 1.82) is 0 Å². The van der Waals surface area contributed by atoms with Crippen LogP contribution in [0, 0.1) is 0 Å². The minimum absolute atomic E-state index is 0.0931. The van der Waals surface area contributed by atoms with Gasteiger partial charge in [-0.1, -0.05) is 37.2 Å². The van der Waals surface area contributed by atoms with E-state index in [1.54, 1.807) is 6.07 Å². The highest BCUT2D eigenvalue weighted by atomic mass is 16.5. The van der Waals surface area contributed by atoms with E-state index >= 15 is 0 Å². The summed E-state index contributed by atoms with van der Waals surface area (Å²) in [5.74, 6) is 1.64. The standard InChI is InChI=1S/C24H23N3O3/c1-4-24(5-2)13-20(28)17-12-15(10-11-21(17)29-24)23-25-22(26-30-23)18-14-27(3)19-9-7-6-8-16(18)19/h6-12,14H,4-5,13H2,1-3H3. The molecule has 0 bridgehead atoms. The quantitative estimate of drug-likeness (QED) is 0.457. The van der Waals surface area contributed by atoms with Crippen LogP contribution in [0.4, 0.5) is 0 Å². The zero-order chi connectivity index (χ0) is 20.9. The number of nitrogens with zero attached hydrogens (tertiary/aromatic N) is 3. The molecule has 2 aromatic carbocycles. The summed E-state index contributed by atoms with van der Waals surface area (Å²) in [6, 6.07) is 13.6. The number of benzene rings is 2. The van der Waals surface area contributed by atoms with Gasteiger partial charge in [0.25, 0.3) is 5.89 Å². The van der Waals surface area contributed by atoms with Crippen LogP contribution in [0.2, 0.25) is 0 Å². The van der Waals surface area contributed by atoms with E-state index in [1.807, 2.05) is 48.1 Å². The fourth-order valence-electron chi connectivity index (χ4n) is 4.24. The molecule has 0 aliphatic carbocycles. The van der Waals surface area contributed by atoms with Crippen molar-refractivity contribution in [3.63, 3.8) is 0 Å². The number of aromatic nitrogens is 3. The first kappa shape index (κ1) is 18.6. The summed E-state index contributed by atoms with van der Waals surface area (Å²) in [6.07, 6.45) is 3.99. The van der Waals surface area contributed by atoms with Gasteiger partial charge in [0.1, 0.15) is 11.4 Å². The first-order chi connectivity index (χ1) is 14.5. The zero-order valence-corrected chi connectivity index (χ0v) is 17.3. The van der Waals surface area contributed by atoms with Crippen molar-refractivity contribution >= 4 is 16.7 Å². The lowest BCUT2D eigenvalue weighted by atomic mass is 9.85. The van der Waals surface area contributed by atoms with Crippen molar-refractivity contribution in [2.45, 2.75) is 38.7 Å². The molecule has 30 heavy (non-hydrogen) atoms. The van der Waals surface area contributed by atoms with Gasteiger partial charge in [-0.3, -0.25) is 4.79 Å². The lowest BCUT2D eigenvalue weighted by Gasteiger charge is -2.36. The average Bonchev–Trinajstić information content (AvgIpc) is 3.39. The largest absolute Gasteiger partial charge is 0.486 e. The highest BCUT2D eigenvalue weighted by Gasteiger charge is 2.38. The number of para-hydroxylation sites is 1. The Labute approximate surface area is 174 Å². The number of ether oxygens (including phenoxy) is 1. The lowest BCUT2D eigenvalue weighted by Crippen LogP contribution is -2.40. The lowest BCUT2D eigenvalue weighted by molar-refractivity contribution is 0.0350. The number of hydrogen-bond acceptors (Lipinski definition) is 5. The molecular formula is C24H23N3O3. The van der Waals surface area contributed by atoms with Crippen molar-refractivity contribution < 1.29 is 14.1 Å². The van der Waals surface area contributed by atoms with Crippen LogP contribution >= 0.6 is 0 Å². The van der Waals surface area contributed by atoms with Crippen molar-refractivity contribution in [3.8, 4) is 28.6 Å². The maximum atomic E-state index is 12.8. The molecule has 0 N–H and O–H groups in total. The predicted molar refractivity (Wildman–Crippen MR) is 115 cm³/mol. The molecule has 2 aromatic heterocycles. The Balaban J connectivity index is 1.52. The number of fused-ring (bicyclic) bond motifs is 2. The summed E-state index contributed by atoms with van der Waals surface area (Å²) in [5.41, 5.74) is 2.90. The van der Waals surface area contributed by atoms with Gasteiger partial charge in [0.2, 0.25) is 5.82 Å². The number of Topliss-reactive ketones (excluding diaryl/α,β-unsaturated/α-hetero) is 1. The highest BCUT2D eigenvalue weighted by Crippen LogP contribution is 2.39. The summed E-state index contributed by atoms with van der Waals surface area (Å²) >= 11 is 0. The van der Waals surface area contributed by atoms with Gasteiger partial charge in [-0.15, -0.1) is 0 Å². The Hall–Kier alpha value is -3.41. The van der Waals surface area contributed by atoms with Crippen molar-refractivity contribution in [2.24, 2.45) is 7.05 Å². The van der Waals surface area contributed by atoms with Gasteiger partial charge >= 0.3 is 0 Å². The van der Waals surface area contributed by atoms with Crippen LogP contribution < -0.4 is 4.74 Å². The predicted octanol–water partition coefficient (Wildman–Crippen LogP) is 5.42. The molecule has 6 nitrogen and oxygen atoms in total. The van der Waals surface area contributed by atoms with E-state index in [0.717, 1.165) is 29.3 Å². The van der Waals surface area contributed by atoms with Gasteiger partial charge in [-0.05, 0) is 37.1 Å². The molecule has 0 radical (unpaired) electrons. The van der Waals surface area contributed by atoms with Gasteiger partial charge in [0.15, 0.2) is 5.78 Å². The van der Waals surface area contributed by atoms with Crippen LogP contribution in [0.25, 0.3) is 33.7 Å². The number of rotatable bonds is 4. The molecule has 0 saturated heterocycles. The molecule has 6 heteroatoms. The van der Waals surface area contributed by atoms with E-state index < -0.39 is 5.60 Å². The molecule has 0 saturated carbocycles. The molecule has 3 heterocycles. The molecule has 0 unspecified atom stereocenters. The molecule has 4 aromatic rings. The number of carbonyl (C=O) groups excluding carboxylic acids is 1. The molecule has 0 amide bonds. The van der Waals surface area contributed by atoms with Crippen LogP contribution in [-0.2, 0) is 7.05 Å². The number of aryl methyl sites for hydroxylation is 1. The molecule has 152 valence electrons. The van der Waals surface area contributed by atoms with Crippen LogP contribution in [-0.4, -0.2) is 26.1 Å². The summed E-state index contributed by atoms with van der Waals surface area (Å²) in [4.78, 5) is 17.4. The van der Waals surface area contributed by atoms with Crippen molar-refractivity contribution in [1.82, 2.24) is 14.7 Å². The van der Waals surface area contributed by atoms with E-state index in [9.17, 15) is 4.79 Å². The number of hydrogen-bond donors (Lipinski definition) is 0. The van der Waals surface area contributed by atoms with E-state index in [-0.39, 0.29) is 5.78 Å². The third-order valence-corrected chi connectivity index (χ3v) is 6.19. The van der Waals surface area contributed by atoms with Crippen LogP contribution in [0.3, 0.4) is 0 Å². The van der Waals surface area contributed by atoms with Crippen molar-refractivity contribution in [3.05, 3.63) is 54.2 Å². The molecule has 0 fully saturated rings. The average molecular weight is 401 g/mol.